The molecule has 1 amide bonds. The summed E-state index contributed by atoms with van der Waals surface area (Å²) in [6.45, 7) is 5.59. The monoisotopic (exact) mass is 429 g/mol. The molecule has 8 nitrogen and oxygen atoms in total. The van der Waals surface area contributed by atoms with Crippen LogP contribution in [-0.2, 0) is 19.5 Å². The molecular weight excluding hydrogens is 406 g/mol. The molecule has 1 aromatic heterocycles. The standard InChI is InChI=1S/C21H24ClN5O3/c1-14(2)13-27-20(24-25-26-27)16-4-3-5-19(11-16)30-9-8-15-10-18(22)7-6-17(15)12-23-21(28)29/h3-7,10-11,14,23H,8-9,12-13H2,1-2H3,(H,28,29). The van der Waals surface area contributed by atoms with Crippen LogP contribution in [0.3, 0.4) is 0 Å². The molecule has 0 radical (unpaired) electrons. The topological polar surface area (TPSA) is 102 Å². The summed E-state index contributed by atoms with van der Waals surface area (Å²) < 4.78 is 7.72. The van der Waals surface area contributed by atoms with Crippen LogP contribution < -0.4 is 10.1 Å². The minimum Gasteiger partial charge on any atom is -0.493 e. The highest BCUT2D eigenvalue weighted by Gasteiger charge is 2.11. The predicted molar refractivity (Wildman–Crippen MR) is 114 cm³/mol. The molecule has 0 bridgehead atoms. The average molecular weight is 430 g/mol. The summed E-state index contributed by atoms with van der Waals surface area (Å²) in [7, 11) is 0. The molecule has 1 heterocycles. The van der Waals surface area contributed by atoms with Gasteiger partial charge in [-0.3, -0.25) is 0 Å². The molecule has 0 saturated heterocycles. The number of benzene rings is 2. The Morgan fingerprint density at radius 1 is 1.23 bits per heavy atom. The van der Waals surface area contributed by atoms with Gasteiger partial charge in [-0.1, -0.05) is 43.6 Å². The zero-order valence-electron chi connectivity index (χ0n) is 16.9. The summed E-state index contributed by atoms with van der Waals surface area (Å²) in [5.41, 5.74) is 2.69. The second-order valence-electron chi connectivity index (χ2n) is 7.28. The lowest BCUT2D eigenvalue weighted by atomic mass is 10.0. The molecule has 2 N–H and O–H groups in total. The Bertz CT molecular complexity index is 1010. The quantitative estimate of drug-likeness (QED) is 0.532. The molecule has 0 aliphatic rings. The zero-order chi connectivity index (χ0) is 21.5. The summed E-state index contributed by atoms with van der Waals surface area (Å²) in [5, 5.41) is 23.8. The summed E-state index contributed by atoms with van der Waals surface area (Å²) in [6.07, 6.45) is -0.476. The van der Waals surface area contributed by atoms with Crippen LogP contribution in [-0.4, -0.2) is 38.0 Å². The number of ether oxygens (including phenoxy) is 1. The minimum atomic E-state index is -1.07. The Hall–Kier alpha value is -3.13. The van der Waals surface area contributed by atoms with Gasteiger partial charge in [0.05, 0.1) is 6.61 Å². The maximum atomic E-state index is 10.8. The third-order valence-corrected chi connectivity index (χ3v) is 4.64. The highest BCUT2D eigenvalue weighted by molar-refractivity contribution is 6.30. The van der Waals surface area contributed by atoms with Crippen LogP contribution in [0, 0.1) is 5.92 Å². The number of hydrogen-bond donors (Lipinski definition) is 2. The molecule has 30 heavy (non-hydrogen) atoms. The van der Waals surface area contributed by atoms with Gasteiger partial charge in [0.25, 0.3) is 0 Å². The number of rotatable bonds is 9. The highest BCUT2D eigenvalue weighted by atomic mass is 35.5. The van der Waals surface area contributed by atoms with E-state index in [1.807, 2.05) is 36.4 Å². The lowest BCUT2D eigenvalue weighted by Gasteiger charge is -2.12. The van der Waals surface area contributed by atoms with E-state index in [4.69, 9.17) is 21.4 Å². The molecule has 0 fully saturated rings. The molecule has 9 heteroatoms. The van der Waals surface area contributed by atoms with Crippen molar-refractivity contribution in [3.05, 3.63) is 58.6 Å². The van der Waals surface area contributed by atoms with Crippen molar-refractivity contribution in [2.45, 2.75) is 33.4 Å². The van der Waals surface area contributed by atoms with Crippen molar-refractivity contribution in [2.24, 2.45) is 5.92 Å². The third kappa shape index (κ3) is 5.93. The van der Waals surface area contributed by atoms with Gasteiger partial charge in [0.1, 0.15) is 5.75 Å². The fourth-order valence-corrected chi connectivity index (χ4v) is 3.25. The van der Waals surface area contributed by atoms with Gasteiger partial charge >= 0.3 is 6.09 Å². The Kier molecular flexibility index (Phi) is 7.24. The van der Waals surface area contributed by atoms with E-state index < -0.39 is 6.09 Å². The van der Waals surface area contributed by atoms with Crippen LogP contribution in [0.4, 0.5) is 4.79 Å². The number of carboxylic acid groups (broad SMARTS) is 1. The van der Waals surface area contributed by atoms with Crippen molar-refractivity contribution in [2.75, 3.05) is 6.61 Å². The third-order valence-electron chi connectivity index (χ3n) is 4.40. The molecule has 0 aliphatic heterocycles. The second-order valence-corrected chi connectivity index (χ2v) is 7.71. The summed E-state index contributed by atoms with van der Waals surface area (Å²) in [5.74, 6) is 1.83. The van der Waals surface area contributed by atoms with Crippen molar-refractivity contribution in [3.8, 4) is 17.1 Å². The van der Waals surface area contributed by atoms with E-state index in [-0.39, 0.29) is 6.54 Å². The normalized spacial score (nSPS) is 10.9. The van der Waals surface area contributed by atoms with Crippen LogP contribution in [0.2, 0.25) is 5.02 Å². The Labute approximate surface area is 179 Å². The molecule has 158 valence electrons. The smallest absolute Gasteiger partial charge is 0.404 e. The SMILES string of the molecule is CC(C)Cn1nnnc1-c1cccc(OCCc2cc(Cl)ccc2CNC(=O)O)c1. The van der Waals surface area contributed by atoms with E-state index in [2.05, 4.69) is 34.7 Å². The number of amides is 1. The first kappa shape index (κ1) is 21.6. The molecule has 0 unspecified atom stereocenters. The first-order valence-corrected chi connectivity index (χ1v) is 10.0. The average Bonchev–Trinajstić information content (AvgIpc) is 3.15. The van der Waals surface area contributed by atoms with Gasteiger partial charge in [0.2, 0.25) is 0 Å². The molecular formula is C21H24ClN5O3. The molecule has 0 saturated carbocycles. The number of aromatic nitrogens is 4. The lowest BCUT2D eigenvalue weighted by Crippen LogP contribution is -2.21. The van der Waals surface area contributed by atoms with Gasteiger partial charge in [-0.25, -0.2) is 9.48 Å². The van der Waals surface area contributed by atoms with Gasteiger partial charge in [0, 0.05) is 30.1 Å². The largest absolute Gasteiger partial charge is 0.493 e. The van der Waals surface area contributed by atoms with Crippen LogP contribution in [0.1, 0.15) is 25.0 Å². The number of hydrogen-bond acceptors (Lipinski definition) is 5. The summed E-state index contributed by atoms with van der Waals surface area (Å²) >= 11 is 6.11. The first-order chi connectivity index (χ1) is 14.4. The first-order valence-electron chi connectivity index (χ1n) is 9.66. The molecule has 0 aliphatic carbocycles. The fourth-order valence-electron chi connectivity index (χ4n) is 3.05. The van der Waals surface area contributed by atoms with Gasteiger partial charge in [-0.05, 0) is 51.7 Å². The van der Waals surface area contributed by atoms with Crippen LogP contribution in [0.25, 0.3) is 11.4 Å². The van der Waals surface area contributed by atoms with E-state index in [9.17, 15) is 4.79 Å². The number of nitrogens with one attached hydrogen (secondary N) is 1. The van der Waals surface area contributed by atoms with E-state index >= 15 is 0 Å². The van der Waals surface area contributed by atoms with Crippen molar-refractivity contribution in [3.63, 3.8) is 0 Å². The number of halogens is 1. The second kappa shape index (κ2) is 10.1. The van der Waals surface area contributed by atoms with Crippen LogP contribution in [0.15, 0.2) is 42.5 Å². The van der Waals surface area contributed by atoms with Gasteiger partial charge in [-0.15, -0.1) is 5.10 Å². The van der Waals surface area contributed by atoms with E-state index in [1.54, 1.807) is 10.7 Å². The Balaban J connectivity index is 1.67. The highest BCUT2D eigenvalue weighted by Crippen LogP contribution is 2.23. The van der Waals surface area contributed by atoms with Crippen molar-refractivity contribution in [1.29, 1.82) is 0 Å². The summed E-state index contributed by atoms with van der Waals surface area (Å²) in [6, 6.07) is 13.0. The molecule has 0 spiro atoms. The maximum Gasteiger partial charge on any atom is 0.404 e. The van der Waals surface area contributed by atoms with Crippen molar-refractivity contribution < 1.29 is 14.6 Å². The number of tetrazole rings is 1. The van der Waals surface area contributed by atoms with Crippen molar-refractivity contribution in [1.82, 2.24) is 25.5 Å². The maximum absolute atomic E-state index is 10.8. The van der Waals surface area contributed by atoms with E-state index in [1.165, 1.54) is 0 Å². The van der Waals surface area contributed by atoms with Crippen LogP contribution >= 0.6 is 11.6 Å². The molecule has 3 aromatic rings. The minimum absolute atomic E-state index is 0.218. The Morgan fingerprint density at radius 3 is 2.83 bits per heavy atom. The van der Waals surface area contributed by atoms with Gasteiger partial charge in [0.15, 0.2) is 5.82 Å². The van der Waals surface area contributed by atoms with E-state index in [0.717, 1.165) is 23.2 Å². The number of nitrogens with zero attached hydrogens (tertiary/aromatic N) is 4. The Morgan fingerprint density at radius 2 is 2.07 bits per heavy atom. The van der Waals surface area contributed by atoms with Crippen molar-refractivity contribution >= 4 is 17.7 Å². The molecule has 2 aromatic carbocycles. The lowest BCUT2D eigenvalue weighted by molar-refractivity contribution is 0.194. The van der Waals surface area contributed by atoms with Gasteiger partial charge < -0.3 is 15.2 Å². The fraction of sp³-hybridized carbons (Fsp3) is 0.333. The zero-order valence-corrected chi connectivity index (χ0v) is 17.6. The van der Waals surface area contributed by atoms with E-state index in [0.29, 0.717) is 35.5 Å². The van der Waals surface area contributed by atoms with Crippen LogP contribution in [0.5, 0.6) is 5.75 Å². The summed E-state index contributed by atoms with van der Waals surface area (Å²) in [4.78, 5) is 10.8. The predicted octanol–water partition coefficient (Wildman–Crippen LogP) is 4.04. The number of carbonyl (C=O) groups is 1. The van der Waals surface area contributed by atoms with Gasteiger partial charge in [-0.2, -0.15) is 0 Å². The molecule has 0 atom stereocenters. The molecule has 3 rings (SSSR count).